The maximum atomic E-state index is 10.5. The van der Waals surface area contributed by atoms with Crippen LogP contribution in [0.3, 0.4) is 0 Å². The average molecular weight is 231 g/mol. The highest BCUT2D eigenvalue weighted by Gasteiger charge is 2.28. The standard InChI is InChI=1S/C13H29NO2/c1-11(2)8-13(15,9-12(3)4)10-14-6-7-16-5/h11-12,14-15H,6-10H2,1-5H3. The molecule has 0 aromatic rings. The third kappa shape index (κ3) is 8.08. The van der Waals surface area contributed by atoms with Gasteiger partial charge in [-0.25, -0.2) is 0 Å². The van der Waals surface area contributed by atoms with Crippen molar-refractivity contribution < 1.29 is 9.84 Å². The van der Waals surface area contributed by atoms with Gasteiger partial charge in [-0.15, -0.1) is 0 Å². The molecule has 0 unspecified atom stereocenters. The van der Waals surface area contributed by atoms with E-state index in [1.807, 2.05) is 0 Å². The molecule has 98 valence electrons. The predicted molar refractivity (Wildman–Crippen MR) is 68.6 cm³/mol. The Bertz CT molecular complexity index is 159. The Labute approximate surface area is 101 Å². The Hall–Kier alpha value is -0.120. The van der Waals surface area contributed by atoms with Gasteiger partial charge in [0, 0.05) is 20.2 Å². The van der Waals surface area contributed by atoms with Crippen LogP contribution in [0.15, 0.2) is 0 Å². The lowest BCUT2D eigenvalue weighted by Gasteiger charge is -2.32. The molecule has 16 heavy (non-hydrogen) atoms. The van der Waals surface area contributed by atoms with Gasteiger partial charge < -0.3 is 15.2 Å². The molecule has 0 aliphatic heterocycles. The van der Waals surface area contributed by atoms with E-state index in [4.69, 9.17) is 4.74 Å². The summed E-state index contributed by atoms with van der Waals surface area (Å²) in [6, 6.07) is 0. The number of rotatable bonds is 9. The average Bonchev–Trinajstić information content (AvgIpc) is 2.09. The summed E-state index contributed by atoms with van der Waals surface area (Å²) in [6.45, 7) is 10.8. The fourth-order valence-electron chi connectivity index (χ4n) is 2.24. The maximum absolute atomic E-state index is 10.5. The Morgan fingerprint density at radius 1 is 1.12 bits per heavy atom. The monoisotopic (exact) mass is 231 g/mol. The third-order valence-corrected chi connectivity index (χ3v) is 2.51. The first kappa shape index (κ1) is 15.9. The molecule has 0 aromatic heterocycles. The van der Waals surface area contributed by atoms with Gasteiger partial charge in [-0.3, -0.25) is 0 Å². The van der Waals surface area contributed by atoms with E-state index in [1.165, 1.54) is 0 Å². The lowest BCUT2D eigenvalue weighted by molar-refractivity contribution is 0.000339. The van der Waals surface area contributed by atoms with Gasteiger partial charge in [0.05, 0.1) is 12.2 Å². The first-order valence-corrected chi connectivity index (χ1v) is 6.31. The predicted octanol–water partition coefficient (Wildman–Crippen LogP) is 2.05. The summed E-state index contributed by atoms with van der Waals surface area (Å²) in [6.07, 6.45) is 1.70. The highest BCUT2D eigenvalue weighted by atomic mass is 16.5. The van der Waals surface area contributed by atoms with E-state index in [0.717, 1.165) is 19.4 Å². The molecule has 0 aromatic carbocycles. The highest BCUT2D eigenvalue weighted by molar-refractivity contribution is 4.83. The van der Waals surface area contributed by atoms with Crippen LogP contribution < -0.4 is 5.32 Å². The summed E-state index contributed by atoms with van der Waals surface area (Å²) in [4.78, 5) is 0. The molecule has 0 saturated carbocycles. The van der Waals surface area contributed by atoms with Crippen molar-refractivity contribution in [3.63, 3.8) is 0 Å². The van der Waals surface area contributed by atoms with Crippen molar-refractivity contribution in [2.45, 2.75) is 46.1 Å². The Kier molecular flexibility index (Phi) is 7.98. The fraction of sp³-hybridized carbons (Fsp3) is 1.00. The minimum atomic E-state index is -0.573. The molecule has 3 heteroatoms. The number of methoxy groups -OCH3 is 1. The zero-order chi connectivity index (χ0) is 12.6. The molecule has 0 fully saturated rings. The second kappa shape index (κ2) is 8.04. The number of hydrogen-bond donors (Lipinski definition) is 2. The van der Waals surface area contributed by atoms with Gasteiger partial charge in [-0.2, -0.15) is 0 Å². The van der Waals surface area contributed by atoms with Crippen LogP contribution in [0.4, 0.5) is 0 Å². The highest BCUT2D eigenvalue weighted by Crippen LogP contribution is 2.24. The fourth-order valence-corrected chi connectivity index (χ4v) is 2.24. The van der Waals surface area contributed by atoms with Crippen LogP contribution in [-0.2, 0) is 4.74 Å². The van der Waals surface area contributed by atoms with E-state index in [1.54, 1.807) is 7.11 Å². The van der Waals surface area contributed by atoms with E-state index >= 15 is 0 Å². The maximum Gasteiger partial charge on any atom is 0.0776 e. The molecular formula is C13H29NO2. The van der Waals surface area contributed by atoms with E-state index in [-0.39, 0.29) is 0 Å². The van der Waals surface area contributed by atoms with Crippen molar-refractivity contribution in [1.82, 2.24) is 5.32 Å². The van der Waals surface area contributed by atoms with Gasteiger partial charge >= 0.3 is 0 Å². The SMILES string of the molecule is COCCNCC(O)(CC(C)C)CC(C)C. The van der Waals surface area contributed by atoms with Crippen molar-refractivity contribution in [1.29, 1.82) is 0 Å². The lowest BCUT2D eigenvalue weighted by Crippen LogP contribution is -2.43. The minimum Gasteiger partial charge on any atom is -0.389 e. The summed E-state index contributed by atoms with van der Waals surface area (Å²) in [5.41, 5.74) is -0.573. The van der Waals surface area contributed by atoms with Crippen molar-refractivity contribution >= 4 is 0 Å². The Morgan fingerprint density at radius 2 is 1.62 bits per heavy atom. The molecule has 0 aliphatic rings. The van der Waals surface area contributed by atoms with Crippen molar-refractivity contribution in [3.05, 3.63) is 0 Å². The topological polar surface area (TPSA) is 41.5 Å². The smallest absolute Gasteiger partial charge is 0.0776 e. The number of aliphatic hydroxyl groups is 1. The van der Waals surface area contributed by atoms with E-state index in [0.29, 0.717) is 25.0 Å². The molecule has 2 N–H and O–H groups in total. The van der Waals surface area contributed by atoms with Crippen LogP contribution in [-0.4, -0.2) is 37.5 Å². The van der Waals surface area contributed by atoms with Crippen LogP contribution in [0.25, 0.3) is 0 Å². The van der Waals surface area contributed by atoms with Crippen molar-refractivity contribution in [2.75, 3.05) is 26.8 Å². The van der Waals surface area contributed by atoms with Crippen LogP contribution in [0.1, 0.15) is 40.5 Å². The van der Waals surface area contributed by atoms with Gasteiger partial charge in [0.15, 0.2) is 0 Å². The van der Waals surface area contributed by atoms with E-state index < -0.39 is 5.60 Å². The third-order valence-electron chi connectivity index (χ3n) is 2.51. The van der Waals surface area contributed by atoms with Gasteiger partial charge in [0.2, 0.25) is 0 Å². The van der Waals surface area contributed by atoms with Crippen LogP contribution in [0.5, 0.6) is 0 Å². The van der Waals surface area contributed by atoms with Gasteiger partial charge in [0.25, 0.3) is 0 Å². The molecule has 0 rings (SSSR count). The zero-order valence-electron chi connectivity index (χ0n) is 11.5. The minimum absolute atomic E-state index is 0.521. The van der Waals surface area contributed by atoms with E-state index in [9.17, 15) is 5.11 Å². The summed E-state index contributed by atoms with van der Waals surface area (Å²) < 4.78 is 4.97. The zero-order valence-corrected chi connectivity index (χ0v) is 11.5. The first-order chi connectivity index (χ1) is 7.39. The molecule has 0 saturated heterocycles. The van der Waals surface area contributed by atoms with Crippen LogP contribution >= 0.6 is 0 Å². The molecule has 0 aliphatic carbocycles. The van der Waals surface area contributed by atoms with Crippen molar-refractivity contribution in [2.24, 2.45) is 11.8 Å². The van der Waals surface area contributed by atoms with Gasteiger partial charge in [-0.05, 0) is 24.7 Å². The molecular weight excluding hydrogens is 202 g/mol. The van der Waals surface area contributed by atoms with Gasteiger partial charge in [0.1, 0.15) is 0 Å². The second-order valence-corrected chi connectivity index (χ2v) is 5.59. The number of nitrogens with one attached hydrogen (secondary N) is 1. The Balaban J connectivity index is 4.08. The second-order valence-electron chi connectivity index (χ2n) is 5.59. The molecule has 0 radical (unpaired) electrons. The molecule has 0 bridgehead atoms. The molecule has 3 nitrogen and oxygen atoms in total. The number of hydrogen-bond acceptors (Lipinski definition) is 3. The summed E-state index contributed by atoms with van der Waals surface area (Å²) >= 11 is 0. The van der Waals surface area contributed by atoms with Crippen LogP contribution in [0.2, 0.25) is 0 Å². The lowest BCUT2D eigenvalue weighted by atomic mass is 9.85. The molecule has 0 amide bonds. The largest absolute Gasteiger partial charge is 0.389 e. The number of ether oxygens (including phenoxy) is 1. The molecule has 0 atom stereocenters. The van der Waals surface area contributed by atoms with Crippen molar-refractivity contribution in [3.8, 4) is 0 Å². The van der Waals surface area contributed by atoms with E-state index in [2.05, 4.69) is 33.0 Å². The summed E-state index contributed by atoms with van der Waals surface area (Å²) in [5, 5.41) is 13.8. The quantitative estimate of drug-likeness (QED) is 0.597. The first-order valence-electron chi connectivity index (χ1n) is 6.31. The summed E-state index contributed by atoms with van der Waals surface area (Å²) in [5.74, 6) is 1.04. The van der Waals surface area contributed by atoms with Crippen LogP contribution in [0, 0.1) is 11.8 Å². The molecule has 0 heterocycles. The van der Waals surface area contributed by atoms with Gasteiger partial charge in [-0.1, -0.05) is 27.7 Å². The normalized spacial score (nSPS) is 12.8. The molecule has 0 spiro atoms. The summed E-state index contributed by atoms with van der Waals surface area (Å²) in [7, 11) is 1.69. The Morgan fingerprint density at radius 3 is 2.00 bits per heavy atom.